The molecule has 1 aliphatic rings. The van der Waals surface area contributed by atoms with Crippen LogP contribution in [0.25, 0.3) is 0 Å². The lowest BCUT2D eigenvalue weighted by molar-refractivity contribution is -0.199. The van der Waals surface area contributed by atoms with Crippen molar-refractivity contribution in [2.75, 3.05) is 59.3 Å². The van der Waals surface area contributed by atoms with E-state index in [1.54, 1.807) is 38.1 Å². The van der Waals surface area contributed by atoms with Crippen molar-refractivity contribution in [3.63, 3.8) is 0 Å². The van der Waals surface area contributed by atoms with Crippen molar-refractivity contribution in [1.29, 1.82) is 0 Å². The summed E-state index contributed by atoms with van der Waals surface area (Å²) >= 11 is -2.41. The van der Waals surface area contributed by atoms with Gasteiger partial charge in [0.15, 0.2) is 11.5 Å². The number of hydrogen-bond donors (Lipinski definition) is 6. The highest BCUT2D eigenvalue weighted by atomic mass is 32.2. The van der Waals surface area contributed by atoms with Gasteiger partial charge in [-0.25, -0.2) is 0 Å². The zero-order valence-corrected chi connectivity index (χ0v) is 29.1. The number of carboxylic acid groups (broad SMARTS) is 1. The standard InChI is InChI=1S/C33H49N3O13S/c1-33(2,32(40)41)20-24(35)17-22-3-6-26(7-4-22)48-50(42)49-29-18-23(5-8-28(29)47-31-27(38)19-25(37)21-46-31)30(39)36-10-12-44-14-16-45-15-13-43-11-9-34/h3-8,18,24-25,27,31,37-38H,9-17,19-21,34-35H2,1-2H3,(H,36,39)(H,40,41)/t24?,25-,27?,31+,50?/m1/s1. The monoisotopic (exact) mass is 727 g/mol. The Kier molecular flexibility index (Phi) is 17.3. The predicted octanol–water partition coefficient (Wildman–Crippen LogP) is 0.679. The number of nitrogens with one attached hydrogen (secondary N) is 1. The second-order valence-corrected chi connectivity index (χ2v) is 12.9. The Morgan fingerprint density at radius 2 is 1.64 bits per heavy atom. The lowest BCUT2D eigenvalue weighted by atomic mass is 9.84. The van der Waals surface area contributed by atoms with Crippen molar-refractivity contribution >= 4 is 23.2 Å². The van der Waals surface area contributed by atoms with Gasteiger partial charge in [0.2, 0.25) is 6.29 Å². The van der Waals surface area contributed by atoms with E-state index in [1.807, 2.05) is 0 Å². The minimum absolute atomic E-state index is 0.00400. The summed E-state index contributed by atoms with van der Waals surface area (Å²) in [6.45, 7) is 6.09. The fraction of sp³-hybridized carbons (Fsp3) is 0.576. The van der Waals surface area contributed by atoms with Crippen molar-refractivity contribution in [2.24, 2.45) is 16.9 Å². The number of hydrogen-bond acceptors (Lipinski definition) is 14. The summed E-state index contributed by atoms with van der Waals surface area (Å²) in [5.74, 6) is -1.32. The summed E-state index contributed by atoms with van der Waals surface area (Å²) in [4.78, 5) is 24.3. The van der Waals surface area contributed by atoms with Crippen LogP contribution in [-0.4, -0.2) is 115 Å². The van der Waals surface area contributed by atoms with Gasteiger partial charge in [-0.2, -0.15) is 4.21 Å². The number of aliphatic hydroxyl groups is 2. The first kappa shape index (κ1) is 41.0. The number of amides is 1. The first-order valence-electron chi connectivity index (χ1n) is 16.2. The zero-order chi connectivity index (χ0) is 36.5. The van der Waals surface area contributed by atoms with Crippen molar-refractivity contribution in [3.8, 4) is 17.2 Å². The second kappa shape index (κ2) is 21.1. The molecule has 280 valence electrons. The fourth-order valence-electron chi connectivity index (χ4n) is 4.76. The molecule has 50 heavy (non-hydrogen) atoms. The van der Waals surface area contributed by atoms with Gasteiger partial charge in [0.05, 0.1) is 57.8 Å². The van der Waals surface area contributed by atoms with Gasteiger partial charge in [0, 0.05) is 31.1 Å². The second-order valence-electron chi connectivity index (χ2n) is 12.2. The van der Waals surface area contributed by atoms with E-state index in [0.717, 1.165) is 5.56 Å². The number of aliphatic carboxylic acids is 1. The lowest BCUT2D eigenvalue weighted by Gasteiger charge is -2.31. The zero-order valence-electron chi connectivity index (χ0n) is 28.3. The van der Waals surface area contributed by atoms with Crippen LogP contribution in [0.15, 0.2) is 42.5 Å². The third kappa shape index (κ3) is 14.5. The molecule has 3 rings (SSSR count). The number of carboxylic acids is 1. The molecular formula is C33H49N3O13S. The summed E-state index contributed by atoms with van der Waals surface area (Å²) in [5, 5.41) is 32.2. The number of aliphatic hydroxyl groups excluding tert-OH is 2. The Morgan fingerprint density at radius 3 is 2.28 bits per heavy atom. The van der Waals surface area contributed by atoms with E-state index in [4.69, 9.17) is 43.5 Å². The van der Waals surface area contributed by atoms with Crippen LogP contribution in [0.5, 0.6) is 17.2 Å². The van der Waals surface area contributed by atoms with E-state index >= 15 is 0 Å². The van der Waals surface area contributed by atoms with Crippen molar-refractivity contribution in [2.45, 2.75) is 57.6 Å². The van der Waals surface area contributed by atoms with Crippen molar-refractivity contribution in [3.05, 3.63) is 53.6 Å². The van der Waals surface area contributed by atoms with Gasteiger partial charge in [-0.05, 0) is 62.6 Å². The molecule has 1 amide bonds. The number of benzene rings is 2. The fourth-order valence-corrected chi connectivity index (χ4v) is 5.34. The first-order chi connectivity index (χ1) is 23.9. The van der Waals surface area contributed by atoms with Crippen LogP contribution < -0.4 is 29.9 Å². The first-order valence-corrected chi connectivity index (χ1v) is 17.2. The van der Waals surface area contributed by atoms with Crippen molar-refractivity contribution in [1.82, 2.24) is 5.32 Å². The van der Waals surface area contributed by atoms with Crippen LogP contribution in [0.4, 0.5) is 0 Å². The molecule has 1 aliphatic heterocycles. The van der Waals surface area contributed by atoms with E-state index in [2.05, 4.69) is 5.32 Å². The van der Waals surface area contributed by atoms with Crippen LogP contribution >= 0.6 is 0 Å². The van der Waals surface area contributed by atoms with Gasteiger partial charge in [0.25, 0.3) is 5.91 Å². The number of nitrogens with two attached hydrogens (primary N) is 2. The van der Waals surface area contributed by atoms with E-state index in [0.29, 0.717) is 46.0 Å². The summed E-state index contributed by atoms with van der Waals surface area (Å²) in [5.41, 5.74) is 11.5. The van der Waals surface area contributed by atoms with Gasteiger partial charge in [-0.3, -0.25) is 9.59 Å². The molecule has 1 saturated heterocycles. The van der Waals surface area contributed by atoms with E-state index in [9.17, 15) is 29.1 Å². The van der Waals surface area contributed by atoms with Gasteiger partial charge >= 0.3 is 17.3 Å². The third-order valence-electron chi connectivity index (χ3n) is 7.36. The topological polar surface area (TPSA) is 241 Å². The maximum absolute atomic E-state index is 13.0. The molecule has 2 aromatic rings. The smallest absolute Gasteiger partial charge is 0.417 e. The SMILES string of the molecule is CC(C)(CC(N)Cc1ccc(OS(=O)Oc2cc(C(=O)NCCOCCOCCOCCN)ccc2O[C@@H]2OC[C@H](O)CC2O)cc1)C(=O)O. The molecule has 5 atom stereocenters. The Bertz CT molecular complexity index is 1360. The number of ether oxygens (including phenoxy) is 5. The summed E-state index contributed by atoms with van der Waals surface area (Å²) in [7, 11) is 0. The van der Waals surface area contributed by atoms with Gasteiger partial charge in [0.1, 0.15) is 11.9 Å². The number of carbonyl (C=O) groups is 2. The number of rotatable bonds is 23. The highest BCUT2D eigenvalue weighted by molar-refractivity contribution is 7.75. The lowest BCUT2D eigenvalue weighted by Crippen LogP contribution is -2.44. The molecule has 1 fully saturated rings. The predicted molar refractivity (Wildman–Crippen MR) is 181 cm³/mol. The minimum Gasteiger partial charge on any atom is -0.481 e. The molecule has 16 nitrogen and oxygen atoms in total. The van der Waals surface area contributed by atoms with Gasteiger partial charge in [-0.15, -0.1) is 0 Å². The Labute approximate surface area is 294 Å². The van der Waals surface area contributed by atoms with Crippen molar-refractivity contribution < 1.29 is 61.2 Å². The highest BCUT2D eigenvalue weighted by Gasteiger charge is 2.32. The molecule has 0 radical (unpaired) electrons. The van der Waals surface area contributed by atoms with E-state index in [-0.39, 0.29) is 55.4 Å². The molecule has 8 N–H and O–H groups in total. The molecule has 0 aromatic heterocycles. The Hall–Kier alpha value is -3.39. The quantitative estimate of drug-likeness (QED) is 0.0863. The molecule has 3 unspecified atom stereocenters. The third-order valence-corrected chi connectivity index (χ3v) is 8.01. The Morgan fingerprint density at radius 1 is 0.980 bits per heavy atom. The average Bonchev–Trinajstić information content (AvgIpc) is 3.06. The Balaban J connectivity index is 1.58. The van der Waals surface area contributed by atoms with E-state index in [1.165, 1.54) is 18.2 Å². The minimum atomic E-state index is -2.41. The summed E-state index contributed by atoms with van der Waals surface area (Å²) in [6, 6.07) is 10.3. The summed E-state index contributed by atoms with van der Waals surface area (Å²) < 4.78 is 51.2. The number of carbonyl (C=O) groups excluding carboxylic acids is 1. The molecule has 17 heteroatoms. The van der Waals surface area contributed by atoms with Crippen LogP contribution in [0, 0.1) is 5.41 Å². The van der Waals surface area contributed by atoms with Crippen LogP contribution in [0.2, 0.25) is 0 Å². The molecule has 1 heterocycles. The molecule has 0 saturated carbocycles. The molecule has 2 aromatic carbocycles. The van der Waals surface area contributed by atoms with Crippen LogP contribution in [-0.2, 0) is 41.5 Å². The van der Waals surface area contributed by atoms with E-state index < -0.39 is 53.2 Å². The molecular weight excluding hydrogens is 678 g/mol. The van der Waals surface area contributed by atoms with Crippen LogP contribution in [0.1, 0.15) is 42.6 Å². The maximum Gasteiger partial charge on any atom is 0.417 e. The van der Waals surface area contributed by atoms with Crippen LogP contribution in [0.3, 0.4) is 0 Å². The maximum atomic E-state index is 13.0. The van der Waals surface area contributed by atoms with Gasteiger partial charge < -0.3 is 64.2 Å². The van der Waals surface area contributed by atoms with Gasteiger partial charge in [-0.1, -0.05) is 12.1 Å². The largest absolute Gasteiger partial charge is 0.481 e. The normalized spacial score (nSPS) is 19.0. The average molecular weight is 728 g/mol. The highest BCUT2D eigenvalue weighted by Crippen LogP contribution is 2.32. The summed E-state index contributed by atoms with van der Waals surface area (Å²) in [6.07, 6.45) is -2.46. The molecule has 0 aliphatic carbocycles. The molecule has 0 bridgehead atoms. The molecule has 0 spiro atoms.